The van der Waals surface area contributed by atoms with Gasteiger partial charge in [-0.25, -0.2) is 4.98 Å². The van der Waals surface area contributed by atoms with Gasteiger partial charge in [0.2, 0.25) is 0 Å². The summed E-state index contributed by atoms with van der Waals surface area (Å²) < 4.78 is 1.08. The van der Waals surface area contributed by atoms with Gasteiger partial charge in [0.1, 0.15) is 5.82 Å². The van der Waals surface area contributed by atoms with Crippen molar-refractivity contribution in [1.29, 1.82) is 0 Å². The molecule has 0 fully saturated rings. The van der Waals surface area contributed by atoms with Gasteiger partial charge in [-0.2, -0.15) is 0 Å². The first kappa shape index (κ1) is 13.1. The van der Waals surface area contributed by atoms with Crippen LogP contribution >= 0.6 is 15.9 Å². The summed E-state index contributed by atoms with van der Waals surface area (Å²) in [6.45, 7) is 2.74. The fourth-order valence-electron chi connectivity index (χ4n) is 2.18. The molecular formula is C16H14BrN3. The molecule has 4 heteroatoms. The third kappa shape index (κ3) is 2.51. The molecule has 0 aliphatic carbocycles. The number of halogens is 1. The van der Waals surface area contributed by atoms with Crippen LogP contribution in [0.4, 0.5) is 5.82 Å². The molecule has 0 amide bonds. The van der Waals surface area contributed by atoms with Gasteiger partial charge < -0.3 is 5.32 Å². The number of benzene rings is 1. The van der Waals surface area contributed by atoms with Crippen molar-refractivity contribution in [3.63, 3.8) is 0 Å². The molecule has 0 atom stereocenters. The van der Waals surface area contributed by atoms with Gasteiger partial charge >= 0.3 is 0 Å². The first-order valence-corrected chi connectivity index (χ1v) is 7.22. The highest BCUT2D eigenvalue weighted by Gasteiger charge is 2.05. The molecule has 0 bridgehead atoms. The average molecular weight is 328 g/mol. The van der Waals surface area contributed by atoms with E-state index in [9.17, 15) is 0 Å². The zero-order valence-electron chi connectivity index (χ0n) is 11.1. The molecule has 3 nitrogen and oxygen atoms in total. The molecule has 0 radical (unpaired) electrons. The van der Waals surface area contributed by atoms with Gasteiger partial charge in [-0.15, -0.1) is 0 Å². The van der Waals surface area contributed by atoms with Crippen molar-refractivity contribution in [2.45, 2.75) is 13.5 Å². The highest BCUT2D eigenvalue weighted by molar-refractivity contribution is 9.10. The summed E-state index contributed by atoms with van der Waals surface area (Å²) in [7, 11) is 0. The van der Waals surface area contributed by atoms with E-state index in [1.165, 1.54) is 5.56 Å². The number of rotatable bonds is 3. The molecule has 0 unspecified atom stereocenters. The molecule has 1 N–H and O–H groups in total. The van der Waals surface area contributed by atoms with E-state index in [1.807, 2.05) is 36.7 Å². The number of pyridine rings is 2. The number of nitrogens with one attached hydrogen (secondary N) is 1. The molecule has 2 aromatic heterocycles. The van der Waals surface area contributed by atoms with Crippen molar-refractivity contribution in [2.24, 2.45) is 0 Å². The van der Waals surface area contributed by atoms with Gasteiger partial charge in [0, 0.05) is 27.6 Å². The summed E-state index contributed by atoms with van der Waals surface area (Å²) in [5.41, 5.74) is 2.22. The Labute approximate surface area is 126 Å². The van der Waals surface area contributed by atoms with E-state index in [2.05, 4.69) is 50.3 Å². The Morgan fingerprint density at radius 1 is 1.00 bits per heavy atom. The van der Waals surface area contributed by atoms with Crippen LogP contribution in [0, 0.1) is 6.92 Å². The van der Waals surface area contributed by atoms with E-state index in [-0.39, 0.29) is 0 Å². The highest BCUT2D eigenvalue weighted by atomic mass is 79.9. The molecule has 0 aliphatic heterocycles. The molecular weight excluding hydrogens is 314 g/mol. The normalized spacial score (nSPS) is 10.7. The number of fused-ring (bicyclic) bond motifs is 1. The van der Waals surface area contributed by atoms with Crippen LogP contribution < -0.4 is 5.32 Å². The number of aryl methyl sites for hydroxylation is 1. The Bertz CT molecular complexity index is 756. The Morgan fingerprint density at radius 3 is 2.75 bits per heavy atom. The van der Waals surface area contributed by atoms with E-state index >= 15 is 0 Å². The average Bonchev–Trinajstić information content (AvgIpc) is 2.47. The summed E-state index contributed by atoms with van der Waals surface area (Å²) in [4.78, 5) is 8.82. The topological polar surface area (TPSA) is 37.8 Å². The van der Waals surface area contributed by atoms with Crippen molar-refractivity contribution in [2.75, 3.05) is 5.32 Å². The van der Waals surface area contributed by atoms with Crippen LogP contribution in [0.3, 0.4) is 0 Å². The molecule has 0 saturated heterocycles. The fourth-order valence-corrected chi connectivity index (χ4v) is 2.68. The second kappa shape index (κ2) is 5.59. The van der Waals surface area contributed by atoms with Gasteiger partial charge in [0.25, 0.3) is 0 Å². The van der Waals surface area contributed by atoms with Gasteiger partial charge in [-0.05, 0) is 30.7 Å². The molecule has 3 aromatic rings. The maximum absolute atomic E-state index is 4.43. The number of nitrogens with zero attached hydrogens (tertiary/aromatic N) is 2. The highest BCUT2D eigenvalue weighted by Crippen LogP contribution is 2.27. The monoisotopic (exact) mass is 327 g/mol. The molecule has 0 aliphatic rings. The lowest BCUT2D eigenvalue weighted by Gasteiger charge is -2.10. The first-order chi connectivity index (χ1) is 9.75. The van der Waals surface area contributed by atoms with Crippen LogP contribution in [0.15, 0.2) is 53.3 Å². The van der Waals surface area contributed by atoms with E-state index < -0.39 is 0 Å². The van der Waals surface area contributed by atoms with E-state index in [0.717, 1.165) is 26.8 Å². The Morgan fingerprint density at radius 2 is 1.90 bits per heavy atom. The van der Waals surface area contributed by atoms with Crippen molar-refractivity contribution >= 4 is 32.5 Å². The molecule has 0 saturated carbocycles. The van der Waals surface area contributed by atoms with E-state index in [0.29, 0.717) is 6.54 Å². The smallest absolute Gasteiger partial charge is 0.134 e. The number of hydrogen-bond acceptors (Lipinski definition) is 3. The second-order valence-electron chi connectivity index (χ2n) is 4.62. The number of anilines is 1. The molecule has 1 aromatic carbocycles. The van der Waals surface area contributed by atoms with Gasteiger partial charge in [0.05, 0.1) is 12.2 Å². The van der Waals surface area contributed by atoms with Crippen molar-refractivity contribution < 1.29 is 0 Å². The number of aromatic nitrogens is 2. The van der Waals surface area contributed by atoms with Gasteiger partial charge in [0.15, 0.2) is 0 Å². The van der Waals surface area contributed by atoms with Crippen LogP contribution in [-0.4, -0.2) is 9.97 Å². The molecule has 2 heterocycles. The summed E-state index contributed by atoms with van der Waals surface area (Å²) in [6.07, 6.45) is 3.64. The summed E-state index contributed by atoms with van der Waals surface area (Å²) in [6, 6.07) is 12.2. The zero-order chi connectivity index (χ0) is 13.9. The third-order valence-corrected chi connectivity index (χ3v) is 3.99. The van der Waals surface area contributed by atoms with Crippen LogP contribution in [0.5, 0.6) is 0 Å². The molecule has 20 heavy (non-hydrogen) atoms. The van der Waals surface area contributed by atoms with Crippen LogP contribution in [0.25, 0.3) is 10.8 Å². The van der Waals surface area contributed by atoms with Crippen molar-refractivity contribution in [3.8, 4) is 0 Å². The lowest BCUT2D eigenvalue weighted by Crippen LogP contribution is -2.05. The standard InChI is InChI=1S/C16H14BrN3/c1-11-4-3-8-18-15(11)10-20-16-13-5-2-6-14(17)12(13)7-9-19-16/h2-9H,10H2,1H3,(H,19,20). The minimum absolute atomic E-state index is 0.672. The largest absolute Gasteiger partial charge is 0.364 e. The Hall–Kier alpha value is -1.94. The number of hydrogen-bond donors (Lipinski definition) is 1. The summed E-state index contributed by atoms with van der Waals surface area (Å²) in [5, 5.41) is 5.64. The maximum Gasteiger partial charge on any atom is 0.134 e. The molecule has 0 spiro atoms. The maximum atomic E-state index is 4.43. The molecule has 100 valence electrons. The predicted octanol–water partition coefficient (Wildman–Crippen LogP) is 4.31. The summed E-state index contributed by atoms with van der Waals surface area (Å²) in [5.74, 6) is 0.883. The molecule has 3 rings (SSSR count). The lowest BCUT2D eigenvalue weighted by molar-refractivity contribution is 1.01. The van der Waals surface area contributed by atoms with E-state index in [4.69, 9.17) is 0 Å². The van der Waals surface area contributed by atoms with Crippen LogP contribution in [0.1, 0.15) is 11.3 Å². The zero-order valence-corrected chi connectivity index (χ0v) is 12.7. The minimum Gasteiger partial charge on any atom is -0.364 e. The predicted molar refractivity (Wildman–Crippen MR) is 85.7 cm³/mol. The van der Waals surface area contributed by atoms with Crippen molar-refractivity contribution in [1.82, 2.24) is 9.97 Å². The van der Waals surface area contributed by atoms with Crippen LogP contribution in [-0.2, 0) is 6.54 Å². The minimum atomic E-state index is 0.672. The quantitative estimate of drug-likeness (QED) is 0.778. The second-order valence-corrected chi connectivity index (χ2v) is 5.47. The fraction of sp³-hybridized carbons (Fsp3) is 0.125. The van der Waals surface area contributed by atoms with Gasteiger partial charge in [-0.3, -0.25) is 4.98 Å². The summed E-state index contributed by atoms with van der Waals surface area (Å²) >= 11 is 3.57. The Kier molecular flexibility index (Phi) is 3.65. The third-order valence-electron chi connectivity index (χ3n) is 3.29. The van der Waals surface area contributed by atoms with Crippen molar-refractivity contribution in [3.05, 3.63) is 64.5 Å². The van der Waals surface area contributed by atoms with Crippen LogP contribution in [0.2, 0.25) is 0 Å². The SMILES string of the molecule is Cc1cccnc1CNc1nccc2c(Br)cccc12. The lowest BCUT2D eigenvalue weighted by atomic mass is 10.1. The van der Waals surface area contributed by atoms with E-state index in [1.54, 1.807) is 0 Å². The Balaban J connectivity index is 1.92. The first-order valence-electron chi connectivity index (χ1n) is 6.43. The van der Waals surface area contributed by atoms with Gasteiger partial charge in [-0.1, -0.05) is 34.1 Å².